The van der Waals surface area contributed by atoms with Gasteiger partial charge in [-0.05, 0) is 193 Å². The van der Waals surface area contributed by atoms with Crippen molar-refractivity contribution >= 4 is 0 Å². The molecule has 9 aromatic carbocycles. The van der Waals surface area contributed by atoms with Crippen molar-refractivity contribution in [1.29, 1.82) is 15.8 Å². The summed E-state index contributed by atoms with van der Waals surface area (Å²) < 4.78 is 0. The van der Waals surface area contributed by atoms with Gasteiger partial charge in [-0.1, -0.05) is 119 Å². The molecule has 0 N–H and O–H groups in total. The van der Waals surface area contributed by atoms with Gasteiger partial charge in [0.1, 0.15) is 0 Å². The first-order chi connectivity index (χ1) is 46.6. The van der Waals surface area contributed by atoms with Gasteiger partial charge in [-0.25, -0.2) is 0 Å². The molecule has 0 spiro atoms. The molecule has 0 bridgehead atoms. The molecule has 0 saturated carbocycles. The molecule has 12 rings (SSSR count). The molecule has 3 radical (unpaired) electrons. The van der Waals surface area contributed by atoms with E-state index in [0.717, 1.165) is 151 Å². The summed E-state index contributed by atoms with van der Waals surface area (Å²) in [6, 6.07) is 56.8. The summed E-state index contributed by atoms with van der Waals surface area (Å²) in [4.78, 5) is 30.2. The van der Waals surface area contributed by atoms with Crippen LogP contribution in [0.4, 0.5) is 0 Å². The number of aryl methyl sites for hydroxylation is 18. The van der Waals surface area contributed by atoms with Gasteiger partial charge in [0, 0.05) is 113 Å². The van der Waals surface area contributed by atoms with Gasteiger partial charge < -0.3 is 15.0 Å². The van der Waals surface area contributed by atoms with Crippen molar-refractivity contribution in [3.05, 3.63) is 280 Å². The Morgan fingerprint density at radius 2 is 0.634 bits per heavy atom. The van der Waals surface area contributed by atoms with Crippen LogP contribution in [-0.4, -0.2) is 29.9 Å². The summed E-state index contributed by atoms with van der Waals surface area (Å²) in [5.74, 6) is 0. The van der Waals surface area contributed by atoms with Crippen molar-refractivity contribution in [1.82, 2.24) is 29.9 Å². The fourth-order valence-corrected chi connectivity index (χ4v) is 13.3. The van der Waals surface area contributed by atoms with Crippen molar-refractivity contribution in [2.75, 3.05) is 0 Å². The van der Waals surface area contributed by atoms with Gasteiger partial charge in [0.05, 0.1) is 69.1 Å². The van der Waals surface area contributed by atoms with E-state index in [-0.39, 0.29) is 60.3 Å². The maximum Gasteiger partial charge on any atom is 0.0994 e. The zero-order valence-corrected chi connectivity index (χ0v) is 68.4. The molecule has 12 aromatic rings. The van der Waals surface area contributed by atoms with Crippen LogP contribution in [0.25, 0.3) is 101 Å². The molecule has 0 amide bonds. The molecule has 0 fully saturated rings. The van der Waals surface area contributed by atoms with Gasteiger partial charge in [0.25, 0.3) is 0 Å². The third-order valence-electron chi connectivity index (χ3n) is 18.2. The third-order valence-corrected chi connectivity index (χ3v) is 18.2. The van der Waals surface area contributed by atoms with Gasteiger partial charge in [0.2, 0.25) is 0 Å². The van der Waals surface area contributed by atoms with Crippen LogP contribution in [0.5, 0.6) is 0 Å². The summed E-state index contributed by atoms with van der Waals surface area (Å²) in [6.45, 7) is 41.6. The second kappa shape index (κ2) is 33.4. The van der Waals surface area contributed by atoms with Gasteiger partial charge >= 0.3 is 0 Å². The van der Waals surface area contributed by atoms with E-state index < -0.39 is 0 Å². The maximum atomic E-state index is 9.37. The van der Waals surface area contributed by atoms with Crippen molar-refractivity contribution in [3.8, 4) is 120 Å². The van der Waals surface area contributed by atoms with Crippen molar-refractivity contribution in [2.45, 2.75) is 138 Å². The molecular weight excluding hydrogens is 1770 g/mol. The quantitative estimate of drug-likeness (QED) is 0.129. The molecule has 9 nitrogen and oxygen atoms in total. The Balaban J connectivity index is 0.000000210. The van der Waals surface area contributed by atoms with E-state index in [4.69, 9.17) is 29.9 Å². The molecule has 12 heteroatoms. The number of aromatic nitrogens is 6. The van der Waals surface area contributed by atoms with Gasteiger partial charge in [0.15, 0.2) is 0 Å². The number of rotatable bonds is 9. The van der Waals surface area contributed by atoms with Gasteiger partial charge in [-0.15, -0.1) is 104 Å². The Bertz CT molecular complexity index is 5160. The minimum absolute atomic E-state index is 0. The fourth-order valence-electron chi connectivity index (χ4n) is 13.3. The number of hydrogen-bond acceptors (Lipinski definition) is 9. The molecule has 3 aromatic heterocycles. The molecule has 0 saturated heterocycles. The summed E-state index contributed by atoms with van der Waals surface area (Å²) in [5.41, 5.74) is 41.2. The normalized spacial score (nSPS) is 10.5. The maximum absolute atomic E-state index is 9.37. The number of nitriles is 3. The van der Waals surface area contributed by atoms with Crippen LogP contribution in [0.2, 0.25) is 0 Å². The molecule has 3 heterocycles. The first-order valence-corrected chi connectivity index (χ1v) is 33.0. The molecule has 513 valence electrons. The average molecular weight is 1850 g/mol. The standard InChI is InChI=1S/C31H30N3.2C29H26N3.3Ir/c1-17-11-26(12-18(2)23(17)7)30-31(27-13-19(3)24(8)20(4)14-27)34-28(16-33-30)29-21(5)9-25(15-32)10-22(29)6;1-17-7-18(2)10-23(9-17)28-29(24-11-19(3)8-20(4)12-24)32-27(16-31-28)26-14-21(5)25(15-30)13-22(26)6;1-17-7-18(2)10-24(9-17)28-29(25-11-19(3)8-20(4)12-25)32-26(16-31-28)27-21(5)13-23(15-30)14-22(27)6;;;/h9-11,13-14,16H,1-8H3;2*7-9,11-14,16H,1-6H3;;;/q3*-1;;;. The van der Waals surface area contributed by atoms with E-state index in [1.165, 1.54) is 61.2 Å². The Hall–Kier alpha value is -9.36. The van der Waals surface area contributed by atoms with Crippen molar-refractivity contribution in [3.63, 3.8) is 0 Å². The van der Waals surface area contributed by atoms with Crippen LogP contribution in [0.1, 0.15) is 128 Å². The van der Waals surface area contributed by atoms with Gasteiger partial charge in [-0.3, -0.25) is 15.0 Å². The van der Waals surface area contributed by atoms with Crippen LogP contribution in [-0.2, 0) is 60.3 Å². The second-order valence-corrected chi connectivity index (χ2v) is 26.8. The molecular formula is C89H82Ir3N9-3. The zero-order chi connectivity index (χ0) is 70.7. The Kier molecular flexibility index (Phi) is 26.1. The number of hydrogen-bond donors (Lipinski definition) is 0. The smallest absolute Gasteiger partial charge is 0.0994 e. The topological polar surface area (TPSA) is 149 Å². The van der Waals surface area contributed by atoms with E-state index in [2.05, 4.69) is 212 Å². The Morgan fingerprint density at radius 1 is 0.287 bits per heavy atom. The van der Waals surface area contributed by atoms with E-state index in [1.807, 2.05) is 96.5 Å². The molecule has 0 aliphatic carbocycles. The van der Waals surface area contributed by atoms with E-state index >= 15 is 0 Å². The van der Waals surface area contributed by atoms with Crippen LogP contribution in [0.3, 0.4) is 0 Å². The largest absolute Gasteiger partial charge is 0.300 e. The zero-order valence-electron chi connectivity index (χ0n) is 61.2. The number of nitrogens with zero attached hydrogens (tertiary/aromatic N) is 9. The van der Waals surface area contributed by atoms with Crippen molar-refractivity contribution in [2.24, 2.45) is 0 Å². The van der Waals surface area contributed by atoms with Crippen LogP contribution in [0.15, 0.2) is 134 Å². The van der Waals surface area contributed by atoms with E-state index in [1.54, 1.807) is 0 Å². The Labute approximate surface area is 638 Å². The van der Waals surface area contributed by atoms with Crippen LogP contribution >= 0.6 is 0 Å². The summed E-state index contributed by atoms with van der Waals surface area (Å²) in [7, 11) is 0. The minimum atomic E-state index is 0. The predicted octanol–water partition coefficient (Wildman–Crippen LogP) is 21.6. The monoisotopic (exact) mass is 1860 g/mol. The third kappa shape index (κ3) is 17.9. The van der Waals surface area contributed by atoms with Crippen molar-refractivity contribution < 1.29 is 60.3 Å². The fraction of sp³-hybridized carbons (Fsp3) is 0.225. The number of benzene rings is 9. The predicted molar refractivity (Wildman–Crippen MR) is 400 cm³/mol. The van der Waals surface area contributed by atoms with Gasteiger partial charge in [-0.2, -0.15) is 15.8 Å². The average Bonchev–Trinajstić information content (AvgIpc) is 0.784. The summed E-state index contributed by atoms with van der Waals surface area (Å²) in [5, 5.41) is 28.1. The SMILES string of the molecule is Cc1[c-]c(-c2ncc(-c3c(C)cc(C#N)cc3C)nc2-c2cc(C)c(C)c(C)c2)cc(C)c1C.Cc1[c-]c(-c2ncc(-c3c(C)cc(C#N)cc3C)nc2-c2cc(C)cc(C)c2)cc(C)c1.Cc1[c-]c(-c2ncc(-c3cc(C)c(C#N)cc3C)nc2-c2cc(C)cc(C)c2)cc(C)c1.[Ir].[Ir].[Ir]. The molecule has 0 atom stereocenters. The first-order valence-electron chi connectivity index (χ1n) is 33.0. The summed E-state index contributed by atoms with van der Waals surface area (Å²) in [6.07, 6.45) is 5.53. The molecule has 101 heavy (non-hydrogen) atoms. The van der Waals surface area contributed by atoms with E-state index in [0.29, 0.717) is 16.7 Å². The van der Waals surface area contributed by atoms with Crippen LogP contribution in [0, 0.1) is 191 Å². The summed E-state index contributed by atoms with van der Waals surface area (Å²) >= 11 is 0. The van der Waals surface area contributed by atoms with E-state index in [9.17, 15) is 15.8 Å². The Morgan fingerprint density at radius 3 is 1.00 bits per heavy atom. The molecule has 0 aliphatic heterocycles. The first kappa shape index (κ1) is 79.0. The van der Waals surface area contributed by atoms with Crippen LogP contribution < -0.4 is 0 Å². The molecule has 0 aliphatic rings. The molecule has 0 unspecified atom stereocenters. The minimum Gasteiger partial charge on any atom is -0.300 e. The second-order valence-electron chi connectivity index (χ2n) is 26.8.